The second-order valence-corrected chi connectivity index (χ2v) is 7.63. The van der Waals surface area contributed by atoms with Crippen LogP contribution in [0.2, 0.25) is 10.0 Å². The maximum Gasteiger partial charge on any atom is 0.255 e. The maximum atomic E-state index is 12.6. The van der Waals surface area contributed by atoms with Crippen LogP contribution in [0.3, 0.4) is 0 Å². The molecule has 0 spiro atoms. The minimum Gasteiger partial charge on any atom is -0.339 e. The van der Waals surface area contributed by atoms with Gasteiger partial charge in [0.25, 0.3) is 5.91 Å². The fourth-order valence-corrected chi connectivity index (χ4v) is 3.65. The Morgan fingerprint density at radius 1 is 0.926 bits per heavy atom. The molecule has 1 aliphatic rings. The highest BCUT2D eigenvalue weighted by Gasteiger charge is 2.25. The summed E-state index contributed by atoms with van der Waals surface area (Å²) in [6, 6.07) is 13.1. The molecule has 0 N–H and O–H groups in total. The van der Waals surface area contributed by atoms with E-state index in [-0.39, 0.29) is 11.8 Å². The van der Waals surface area contributed by atoms with Crippen molar-refractivity contribution in [3.8, 4) is 0 Å². The zero-order valence-electron chi connectivity index (χ0n) is 15.3. The van der Waals surface area contributed by atoms with Gasteiger partial charge in [0.2, 0.25) is 5.91 Å². The van der Waals surface area contributed by atoms with E-state index in [1.165, 1.54) is 11.1 Å². The Hall–Kier alpha value is -2.04. The number of halogens is 2. The highest BCUT2D eigenvalue weighted by atomic mass is 35.5. The molecule has 1 saturated heterocycles. The number of hydrogen-bond acceptors (Lipinski definition) is 2. The SMILES string of the molecule is Cc1ccc(CCC(=O)N2CCN(C(=O)c3ccc(Cl)cc3Cl)CC2)cc1. The summed E-state index contributed by atoms with van der Waals surface area (Å²) in [7, 11) is 0. The summed E-state index contributed by atoms with van der Waals surface area (Å²) in [5.41, 5.74) is 2.83. The van der Waals surface area contributed by atoms with Crippen molar-refractivity contribution < 1.29 is 9.59 Å². The van der Waals surface area contributed by atoms with E-state index in [1.807, 2.05) is 11.8 Å². The van der Waals surface area contributed by atoms with Crippen LogP contribution in [0.25, 0.3) is 0 Å². The lowest BCUT2D eigenvalue weighted by molar-refractivity contribution is -0.132. The summed E-state index contributed by atoms with van der Waals surface area (Å²) >= 11 is 12.0. The Bertz CT molecular complexity index is 829. The number of carbonyl (C=O) groups is 2. The maximum absolute atomic E-state index is 12.6. The van der Waals surface area contributed by atoms with Gasteiger partial charge in [-0.1, -0.05) is 53.0 Å². The Balaban J connectivity index is 1.51. The molecule has 2 aromatic carbocycles. The molecule has 4 nitrogen and oxygen atoms in total. The van der Waals surface area contributed by atoms with Gasteiger partial charge >= 0.3 is 0 Å². The summed E-state index contributed by atoms with van der Waals surface area (Å²) in [6.45, 7) is 4.16. The van der Waals surface area contributed by atoms with E-state index in [4.69, 9.17) is 23.2 Å². The van der Waals surface area contributed by atoms with Crippen LogP contribution in [0, 0.1) is 6.92 Å². The van der Waals surface area contributed by atoms with Gasteiger partial charge in [-0.15, -0.1) is 0 Å². The van der Waals surface area contributed by atoms with E-state index in [2.05, 4.69) is 24.3 Å². The van der Waals surface area contributed by atoms with Gasteiger partial charge in [0.05, 0.1) is 10.6 Å². The Kier molecular flexibility index (Phi) is 6.40. The molecular weight excluding hydrogens is 383 g/mol. The standard InChI is InChI=1S/C21H22Cl2N2O2/c1-15-2-4-16(5-3-15)6-9-20(26)24-10-12-25(13-11-24)21(27)18-8-7-17(22)14-19(18)23/h2-5,7-8,14H,6,9-13H2,1H3. The van der Waals surface area contributed by atoms with Gasteiger partial charge in [0.15, 0.2) is 0 Å². The Labute approximate surface area is 169 Å². The van der Waals surface area contributed by atoms with Crippen LogP contribution in [-0.4, -0.2) is 47.8 Å². The van der Waals surface area contributed by atoms with Crippen molar-refractivity contribution in [3.05, 3.63) is 69.2 Å². The molecule has 142 valence electrons. The molecule has 27 heavy (non-hydrogen) atoms. The highest BCUT2D eigenvalue weighted by Crippen LogP contribution is 2.23. The molecule has 0 aliphatic carbocycles. The van der Waals surface area contributed by atoms with Crippen molar-refractivity contribution in [2.45, 2.75) is 19.8 Å². The van der Waals surface area contributed by atoms with E-state index in [0.717, 1.165) is 6.42 Å². The van der Waals surface area contributed by atoms with Crippen LogP contribution in [0.4, 0.5) is 0 Å². The molecule has 6 heteroatoms. The first kappa shape index (κ1) is 19.7. The van der Waals surface area contributed by atoms with Gasteiger partial charge in [-0.3, -0.25) is 9.59 Å². The first-order chi connectivity index (χ1) is 12.9. The Morgan fingerprint density at radius 2 is 1.56 bits per heavy atom. The fourth-order valence-electron chi connectivity index (χ4n) is 3.16. The smallest absolute Gasteiger partial charge is 0.255 e. The molecular formula is C21H22Cl2N2O2. The lowest BCUT2D eigenvalue weighted by Crippen LogP contribution is -2.50. The van der Waals surface area contributed by atoms with Crippen LogP contribution in [0.1, 0.15) is 27.9 Å². The second kappa shape index (κ2) is 8.77. The summed E-state index contributed by atoms with van der Waals surface area (Å²) in [4.78, 5) is 28.7. The van der Waals surface area contributed by atoms with E-state index >= 15 is 0 Å². The molecule has 1 aliphatic heterocycles. The van der Waals surface area contributed by atoms with Gasteiger partial charge in [-0.05, 0) is 37.1 Å². The van der Waals surface area contributed by atoms with Crippen molar-refractivity contribution in [3.63, 3.8) is 0 Å². The lowest BCUT2D eigenvalue weighted by Gasteiger charge is -2.35. The molecule has 0 aromatic heterocycles. The number of rotatable bonds is 4. The molecule has 0 atom stereocenters. The molecule has 0 saturated carbocycles. The van der Waals surface area contributed by atoms with E-state index in [1.54, 1.807) is 23.1 Å². The summed E-state index contributed by atoms with van der Waals surface area (Å²) in [5.74, 6) is 0.00983. The van der Waals surface area contributed by atoms with Crippen LogP contribution in [0.15, 0.2) is 42.5 Å². The van der Waals surface area contributed by atoms with Gasteiger partial charge in [0.1, 0.15) is 0 Å². The second-order valence-electron chi connectivity index (χ2n) is 6.78. The minimum atomic E-state index is -0.122. The van der Waals surface area contributed by atoms with Crippen LogP contribution in [-0.2, 0) is 11.2 Å². The zero-order valence-corrected chi connectivity index (χ0v) is 16.8. The van der Waals surface area contributed by atoms with Crippen molar-refractivity contribution in [2.75, 3.05) is 26.2 Å². The van der Waals surface area contributed by atoms with Crippen molar-refractivity contribution in [2.24, 2.45) is 0 Å². The first-order valence-corrected chi connectivity index (χ1v) is 9.77. The van der Waals surface area contributed by atoms with Gasteiger partial charge in [-0.2, -0.15) is 0 Å². The molecule has 0 bridgehead atoms. The van der Waals surface area contributed by atoms with Crippen LogP contribution < -0.4 is 0 Å². The first-order valence-electron chi connectivity index (χ1n) is 9.01. The third-order valence-electron chi connectivity index (χ3n) is 4.83. The van der Waals surface area contributed by atoms with E-state index in [0.29, 0.717) is 48.2 Å². The van der Waals surface area contributed by atoms with Crippen molar-refractivity contribution >= 4 is 35.0 Å². The minimum absolute atomic E-state index is 0.122. The molecule has 1 fully saturated rings. The fraction of sp³-hybridized carbons (Fsp3) is 0.333. The van der Waals surface area contributed by atoms with Gasteiger partial charge < -0.3 is 9.80 Å². The number of nitrogens with zero attached hydrogens (tertiary/aromatic N) is 2. The molecule has 3 rings (SSSR count). The Morgan fingerprint density at radius 3 is 2.19 bits per heavy atom. The lowest BCUT2D eigenvalue weighted by atomic mass is 10.1. The number of amides is 2. The quantitative estimate of drug-likeness (QED) is 0.764. The number of aryl methyl sites for hydroxylation is 2. The number of hydrogen-bond donors (Lipinski definition) is 0. The van der Waals surface area contributed by atoms with Crippen LogP contribution in [0.5, 0.6) is 0 Å². The third-order valence-corrected chi connectivity index (χ3v) is 5.38. The summed E-state index contributed by atoms with van der Waals surface area (Å²) in [6.07, 6.45) is 1.22. The molecule has 2 amide bonds. The molecule has 2 aromatic rings. The average Bonchev–Trinajstić information content (AvgIpc) is 2.67. The average molecular weight is 405 g/mol. The van der Waals surface area contributed by atoms with Gasteiger partial charge in [-0.25, -0.2) is 0 Å². The predicted octanol–water partition coefficient (Wildman–Crippen LogP) is 4.22. The predicted molar refractivity (Wildman–Crippen MR) is 108 cm³/mol. The third kappa shape index (κ3) is 5.02. The number of carbonyl (C=O) groups excluding carboxylic acids is 2. The van der Waals surface area contributed by atoms with Gasteiger partial charge in [0, 0.05) is 37.6 Å². The molecule has 1 heterocycles. The summed E-state index contributed by atoms with van der Waals surface area (Å²) in [5, 5.41) is 0.852. The molecule has 0 unspecified atom stereocenters. The van der Waals surface area contributed by atoms with E-state index in [9.17, 15) is 9.59 Å². The van der Waals surface area contributed by atoms with Crippen molar-refractivity contribution in [1.82, 2.24) is 9.80 Å². The zero-order chi connectivity index (χ0) is 19.4. The summed E-state index contributed by atoms with van der Waals surface area (Å²) < 4.78 is 0. The highest BCUT2D eigenvalue weighted by molar-refractivity contribution is 6.36. The number of benzene rings is 2. The normalized spacial score (nSPS) is 14.3. The van der Waals surface area contributed by atoms with Crippen LogP contribution >= 0.6 is 23.2 Å². The van der Waals surface area contributed by atoms with E-state index < -0.39 is 0 Å². The molecule has 0 radical (unpaired) electrons. The monoisotopic (exact) mass is 404 g/mol. The topological polar surface area (TPSA) is 40.6 Å². The van der Waals surface area contributed by atoms with Crippen molar-refractivity contribution in [1.29, 1.82) is 0 Å². The number of piperazine rings is 1. The largest absolute Gasteiger partial charge is 0.339 e.